The minimum absolute atomic E-state index is 0.117. The second-order valence-electron chi connectivity index (χ2n) is 16.2. The van der Waals surface area contributed by atoms with Gasteiger partial charge in [0, 0.05) is 13.0 Å². The Morgan fingerprint density at radius 1 is 0.561 bits per heavy atom. The molecule has 1 aliphatic heterocycles. The van der Waals surface area contributed by atoms with Crippen LogP contribution >= 0.6 is 0 Å². The van der Waals surface area contributed by atoms with Crippen molar-refractivity contribution in [1.82, 2.24) is 0 Å². The van der Waals surface area contributed by atoms with E-state index in [0.29, 0.717) is 13.0 Å². The molecule has 1 fully saturated rings. The molecule has 0 aromatic heterocycles. The molecule has 1 saturated heterocycles. The molecule has 0 aromatic carbocycles. The molecule has 9 heteroatoms. The Morgan fingerprint density at radius 3 is 1.56 bits per heavy atom. The van der Waals surface area contributed by atoms with Crippen molar-refractivity contribution in [3.8, 4) is 0 Å². The molecule has 0 bridgehead atoms. The number of aliphatic hydroxyl groups excluding tert-OH is 4. The maximum Gasteiger partial charge on any atom is 0.306 e. The van der Waals surface area contributed by atoms with Gasteiger partial charge in [-0.2, -0.15) is 0 Å². The van der Waals surface area contributed by atoms with Crippen LogP contribution in [-0.2, 0) is 23.7 Å². The Balaban J connectivity index is 2.23. The molecular formula is C48H88O9. The summed E-state index contributed by atoms with van der Waals surface area (Å²) in [5.74, 6) is -0.323. The van der Waals surface area contributed by atoms with E-state index in [1.807, 2.05) is 0 Å². The van der Waals surface area contributed by atoms with Gasteiger partial charge >= 0.3 is 5.97 Å². The highest BCUT2D eigenvalue weighted by Gasteiger charge is 2.44. The molecule has 57 heavy (non-hydrogen) atoms. The lowest BCUT2D eigenvalue weighted by Gasteiger charge is -2.39. The van der Waals surface area contributed by atoms with E-state index in [1.165, 1.54) is 128 Å². The van der Waals surface area contributed by atoms with Crippen LogP contribution in [0, 0.1) is 0 Å². The number of esters is 1. The van der Waals surface area contributed by atoms with Gasteiger partial charge in [0.2, 0.25) is 0 Å². The molecule has 0 radical (unpaired) electrons. The summed E-state index contributed by atoms with van der Waals surface area (Å²) in [6.45, 7) is 4.52. The predicted molar refractivity (Wildman–Crippen MR) is 233 cm³/mol. The third-order valence-electron chi connectivity index (χ3n) is 10.8. The van der Waals surface area contributed by atoms with E-state index >= 15 is 0 Å². The van der Waals surface area contributed by atoms with Crippen LogP contribution in [0.3, 0.4) is 0 Å². The lowest BCUT2D eigenvalue weighted by Crippen LogP contribution is -2.59. The molecule has 4 N–H and O–H groups in total. The molecule has 0 aliphatic carbocycles. The molecule has 1 aliphatic rings. The van der Waals surface area contributed by atoms with Crippen LogP contribution in [0.15, 0.2) is 36.5 Å². The van der Waals surface area contributed by atoms with E-state index in [-0.39, 0.29) is 19.2 Å². The molecule has 9 nitrogen and oxygen atoms in total. The summed E-state index contributed by atoms with van der Waals surface area (Å²) in [7, 11) is 0. The Hall–Kier alpha value is -1.59. The summed E-state index contributed by atoms with van der Waals surface area (Å²) in [4.78, 5) is 12.8. The van der Waals surface area contributed by atoms with Crippen LogP contribution in [0.5, 0.6) is 0 Å². The molecule has 1 heterocycles. The fraction of sp³-hybridized carbons (Fsp3) is 0.854. The average Bonchev–Trinajstić information content (AvgIpc) is 3.21. The van der Waals surface area contributed by atoms with Crippen LogP contribution in [0.2, 0.25) is 0 Å². The molecule has 6 unspecified atom stereocenters. The number of unbranched alkanes of at least 4 members (excludes halogenated alkanes) is 23. The summed E-state index contributed by atoms with van der Waals surface area (Å²) in [6.07, 6.45) is 40.2. The zero-order valence-corrected chi connectivity index (χ0v) is 36.6. The van der Waals surface area contributed by atoms with Crippen LogP contribution in [0.4, 0.5) is 0 Å². The number of carbonyl (C=O) groups is 1. The highest BCUT2D eigenvalue weighted by Crippen LogP contribution is 2.22. The number of hydrogen-bond donors (Lipinski definition) is 4. The smallest absolute Gasteiger partial charge is 0.306 e. The second kappa shape index (κ2) is 39.8. The third kappa shape index (κ3) is 31.0. The van der Waals surface area contributed by atoms with Crippen molar-refractivity contribution >= 4 is 5.97 Å². The number of aliphatic hydroxyl groups is 4. The fourth-order valence-electron chi connectivity index (χ4n) is 7.05. The average molecular weight is 809 g/mol. The van der Waals surface area contributed by atoms with Gasteiger partial charge in [0.25, 0.3) is 0 Å². The summed E-state index contributed by atoms with van der Waals surface area (Å²) < 4.78 is 22.8. The lowest BCUT2D eigenvalue weighted by molar-refractivity contribution is -0.305. The summed E-state index contributed by atoms with van der Waals surface area (Å²) >= 11 is 0. The van der Waals surface area contributed by atoms with Crippen LogP contribution in [0.1, 0.15) is 200 Å². The molecular weight excluding hydrogens is 721 g/mol. The van der Waals surface area contributed by atoms with E-state index in [2.05, 4.69) is 50.3 Å². The SMILES string of the molecule is CCCCC/C=C\C/C=C\CCCCCCCCCCCCOCC(COC1OC(CO)C(O)C(O)C1O)OC(=O)CCCCCCC/C=C\CCCCCCC. The van der Waals surface area contributed by atoms with E-state index in [4.69, 9.17) is 18.9 Å². The number of hydrogen-bond acceptors (Lipinski definition) is 9. The Bertz CT molecular complexity index is 968. The van der Waals surface area contributed by atoms with Crippen molar-refractivity contribution in [2.45, 2.75) is 237 Å². The highest BCUT2D eigenvalue weighted by atomic mass is 16.7. The Kier molecular flexibility index (Phi) is 37.4. The van der Waals surface area contributed by atoms with Crippen molar-refractivity contribution in [1.29, 1.82) is 0 Å². The van der Waals surface area contributed by atoms with Gasteiger partial charge in [-0.25, -0.2) is 0 Å². The Morgan fingerprint density at radius 2 is 1.02 bits per heavy atom. The van der Waals surface area contributed by atoms with Crippen molar-refractivity contribution in [2.24, 2.45) is 0 Å². The van der Waals surface area contributed by atoms with E-state index < -0.39 is 43.4 Å². The number of ether oxygens (including phenoxy) is 4. The van der Waals surface area contributed by atoms with Gasteiger partial charge < -0.3 is 39.4 Å². The molecule has 0 saturated carbocycles. The molecule has 0 aromatic rings. The number of rotatable bonds is 40. The first-order chi connectivity index (χ1) is 27.9. The first-order valence-electron chi connectivity index (χ1n) is 23.6. The molecule has 0 amide bonds. The minimum atomic E-state index is -1.54. The topological polar surface area (TPSA) is 135 Å². The summed E-state index contributed by atoms with van der Waals surface area (Å²) in [5.41, 5.74) is 0. The number of carbonyl (C=O) groups excluding carboxylic acids is 1. The van der Waals surface area contributed by atoms with E-state index in [9.17, 15) is 25.2 Å². The van der Waals surface area contributed by atoms with Gasteiger partial charge in [0.15, 0.2) is 6.29 Å². The lowest BCUT2D eigenvalue weighted by atomic mass is 9.99. The van der Waals surface area contributed by atoms with Crippen LogP contribution in [0.25, 0.3) is 0 Å². The van der Waals surface area contributed by atoms with Gasteiger partial charge in [0.05, 0.1) is 19.8 Å². The quantitative estimate of drug-likeness (QED) is 0.0271. The standard InChI is InChI=1S/C48H88O9/c1-3-5-7-9-11-13-15-17-19-20-21-22-23-24-26-28-30-32-34-36-38-54-40-42(41-55-48-47(53)46(52)45(51)43(39-49)57-48)56-44(50)37-35-33-31-29-27-25-18-16-14-12-10-8-6-4-2/h11,13,16-19,42-43,45-49,51-53H,3-10,12,14-15,20-41H2,1-2H3/b13-11-,18-16-,19-17-. The summed E-state index contributed by atoms with van der Waals surface area (Å²) in [6, 6.07) is 0. The maximum atomic E-state index is 12.8. The first kappa shape index (κ1) is 53.4. The second-order valence-corrected chi connectivity index (χ2v) is 16.2. The Labute approximate surface area is 349 Å². The van der Waals surface area contributed by atoms with Gasteiger partial charge in [0.1, 0.15) is 30.5 Å². The molecule has 1 rings (SSSR count). The minimum Gasteiger partial charge on any atom is -0.457 e. The zero-order chi connectivity index (χ0) is 41.4. The van der Waals surface area contributed by atoms with Crippen LogP contribution in [-0.4, -0.2) is 89.6 Å². The van der Waals surface area contributed by atoms with Crippen molar-refractivity contribution in [3.63, 3.8) is 0 Å². The molecule has 6 atom stereocenters. The van der Waals surface area contributed by atoms with Gasteiger partial charge in [-0.05, 0) is 70.6 Å². The van der Waals surface area contributed by atoms with E-state index in [0.717, 1.165) is 51.4 Å². The third-order valence-corrected chi connectivity index (χ3v) is 10.8. The molecule has 334 valence electrons. The zero-order valence-electron chi connectivity index (χ0n) is 36.6. The first-order valence-corrected chi connectivity index (χ1v) is 23.6. The highest BCUT2D eigenvalue weighted by molar-refractivity contribution is 5.69. The van der Waals surface area contributed by atoms with Crippen molar-refractivity contribution in [2.75, 3.05) is 26.4 Å². The predicted octanol–water partition coefficient (Wildman–Crippen LogP) is 10.8. The van der Waals surface area contributed by atoms with Gasteiger partial charge in [-0.3, -0.25) is 4.79 Å². The number of allylic oxidation sites excluding steroid dienone is 6. The van der Waals surface area contributed by atoms with E-state index in [1.54, 1.807) is 0 Å². The van der Waals surface area contributed by atoms with Crippen molar-refractivity contribution < 1.29 is 44.2 Å². The normalized spacial score (nSPS) is 20.7. The molecule has 0 spiro atoms. The monoisotopic (exact) mass is 809 g/mol. The van der Waals surface area contributed by atoms with Crippen LogP contribution < -0.4 is 0 Å². The van der Waals surface area contributed by atoms with Gasteiger partial charge in [-0.1, -0.05) is 159 Å². The largest absolute Gasteiger partial charge is 0.457 e. The maximum absolute atomic E-state index is 12.8. The van der Waals surface area contributed by atoms with Crippen molar-refractivity contribution in [3.05, 3.63) is 36.5 Å². The summed E-state index contributed by atoms with van der Waals surface area (Å²) in [5, 5.41) is 40.1. The fourth-order valence-corrected chi connectivity index (χ4v) is 7.05. The van der Waals surface area contributed by atoms with Gasteiger partial charge in [-0.15, -0.1) is 0 Å².